The Morgan fingerprint density at radius 3 is 2.76 bits per heavy atom. The van der Waals surface area contributed by atoms with Gasteiger partial charge in [-0.2, -0.15) is 5.26 Å². The summed E-state index contributed by atoms with van der Waals surface area (Å²) in [6.07, 6.45) is 0. The van der Waals surface area contributed by atoms with E-state index >= 15 is 0 Å². The molecule has 92 valence electrons. The Hall–Kier alpha value is -1.57. The molecule has 0 saturated carbocycles. The lowest BCUT2D eigenvalue weighted by molar-refractivity contribution is 0.183. The van der Waals surface area contributed by atoms with E-state index < -0.39 is 0 Å². The lowest BCUT2D eigenvalue weighted by Crippen LogP contribution is -2.33. The SMILES string of the molecule is COCC(C)N(C)c1ccc(CN)cc1C#N. The Labute approximate surface area is 103 Å². The van der Waals surface area contributed by atoms with Crippen molar-refractivity contribution in [2.75, 3.05) is 25.7 Å². The molecule has 2 N–H and O–H groups in total. The van der Waals surface area contributed by atoms with Crippen LogP contribution in [0.15, 0.2) is 18.2 Å². The third-order valence-electron chi connectivity index (χ3n) is 2.87. The van der Waals surface area contributed by atoms with Crippen molar-refractivity contribution in [2.45, 2.75) is 19.5 Å². The number of ether oxygens (including phenoxy) is 1. The molecule has 0 saturated heterocycles. The highest BCUT2D eigenvalue weighted by Gasteiger charge is 2.13. The first-order valence-electron chi connectivity index (χ1n) is 5.58. The van der Waals surface area contributed by atoms with Crippen molar-refractivity contribution in [3.05, 3.63) is 29.3 Å². The van der Waals surface area contributed by atoms with E-state index in [-0.39, 0.29) is 6.04 Å². The maximum absolute atomic E-state index is 9.15. The van der Waals surface area contributed by atoms with Crippen LogP contribution in [0.25, 0.3) is 0 Å². The average Bonchev–Trinajstić information content (AvgIpc) is 2.37. The van der Waals surface area contributed by atoms with E-state index in [9.17, 15) is 0 Å². The largest absolute Gasteiger partial charge is 0.383 e. The fourth-order valence-electron chi connectivity index (χ4n) is 1.70. The monoisotopic (exact) mass is 233 g/mol. The van der Waals surface area contributed by atoms with Gasteiger partial charge in [0.2, 0.25) is 0 Å². The lowest BCUT2D eigenvalue weighted by Gasteiger charge is -2.27. The van der Waals surface area contributed by atoms with Crippen molar-refractivity contribution < 1.29 is 4.74 Å². The summed E-state index contributed by atoms with van der Waals surface area (Å²) in [5.41, 5.74) is 8.10. The molecule has 1 atom stereocenters. The number of nitriles is 1. The summed E-state index contributed by atoms with van der Waals surface area (Å²) >= 11 is 0. The second kappa shape index (κ2) is 6.24. The van der Waals surface area contributed by atoms with E-state index in [0.29, 0.717) is 18.7 Å². The van der Waals surface area contributed by atoms with Crippen LogP contribution in [0.3, 0.4) is 0 Å². The molecule has 1 aromatic rings. The second-order valence-electron chi connectivity index (χ2n) is 4.08. The van der Waals surface area contributed by atoms with Gasteiger partial charge in [0.25, 0.3) is 0 Å². The van der Waals surface area contributed by atoms with Crippen molar-refractivity contribution in [3.8, 4) is 6.07 Å². The second-order valence-corrected chi connectivity index (χ2v) is 4.08. The summed E-state index contributed by atoms with van der Waals surface area (Å²) in [7, 11) is 3.63. The molecule has 0 spiro atoms. The van der Waals surface area contributed by atoms with Gasteiger partial charge < -0.3 is 15.4 Å². The van der Waals surface area contributed by atoms with Crippen molar-refractivity contribution in [1.29, 1.82) is 5.26 Å². The Morgan fingerprint density at radius 2 is 2.24 bits per heavy atom. The first-order valence-corrected chi connectivity index (χ1v) is 5.58. The molecule has 0 aliphatic rings. The van der Waals surface area contributed by atoms with E-state index in [2.05, 4.69) is 13.0 Å². The van der Waals surface area contributed by atoms with E-state index in [4.69, 9.17) is 15.7 Å². The van der Waals surface area contributed by atoms with Crippen LogP contribution in [-0.4, -0.2) is 26.8 Å². The number of methoxy groups -OCH3 is 1. The number of hydrogen-bond donors (Lipinski definition) is 1. The van der Waals surface area contributed by atoms with Gasteiger partial charge in [-0.25, -0.2) is 0 Å². The molecule has 0 aliphatic carbocycles. The van der Waals surface area contributed by atoms with Gasteiger partial charge >= 0.3 is 0 Å². The first-order chi connectivity index (χ1) is 8.13. The number of nitrogens with two attached hydrogens (primary N) is 1. The third-order valence-corrected chi connectivity index (χ3v) is 2.87. The minimum Gasteiger partial charge on any atom is -0.383 e. The van der Waals surface area contributed by atoms with Gasteiger partial charge in [-0.1, -0.05) is 6.07 Å². The molecule has 0 heterocycles. The molecule has 0 fully saturated rings. The van der Waals surface area contributed by atoms with Gasteiger partial charge in [0, 0.05) is 26.7 Å². The quantitative estimate of drug-likeness (QED) is 0.837. The summed E-state index contributed by atoms with van der Waals surface area (Å²) in [5, 5.41) is 9.15. The fraction of sp³-hybridized carbons (Fsp3) is 0.462. The minimum atomic E-state index is 0.218. The van der Waals surface area contributed by atoms with Crippen LogP contribution in [0.2, 0.25) is 0 Å². The maximum Gasteiger partial charge on any atom is 0.101 e. The standard InChI is InChI=1S/C13H19N3O/c1-10(9-17-3)16(2)13-5-4-11(7-14)6-12(13)8-15/h4-6,10H,7,9,14H2,1-3H3. The molecule has 4 heteroatoms. The van der Waals surface area contributed by atoms with E-state index in [0.717, 1.165) is 11.3 Å². The predicted octanol–water partition coefficient (Wildman–Crippen LogP) is 1.49. The number of rotatable bonds is 5. The number of anilines is 1. The number of benzene rings is 1. The summed E-state index contributed by atoms with van der Waals surface area (Å²) < 4.78 is 5.12. The number of nitrogens with zero attached hydrogens (tertiary/aromatic N) is 2. The molecule has 1 rings (SSSR count). The zero-order chi connectivity index (χ0) is 12.8. The normalized spacial score (nSPS) is 11.9. The molecule has 1 aromatic carbocycles. The van der Waals surface area contributed by atoms with E-state index in [1.54, 1.807) is 7.11 Å². The molecular weight excluding hydrogens is 214 g/mol. The summed E-state index contributed by atoms with van der Waals surface area (Å²) in [6.45, 7) is 3.13. The van der Waals surface area contributed by atoms with Crippen molar-refractivity contribution in [2.24, 2.45) is 5.73 Å². The molecule has 17 heavy (non-hydrogen) atoms. The average molecular weight is 233 g/mol. The van der Waals surface area contributed by atoms with Crippen LogP contribution in [0.1, 0.15) is 18.1 Å². The zero-order valence-corrected chi connectivity index (χ0v) is 10.6. The summed E-state index contributed by atoms with van der Waals surface area (Å²) in [4.78, 5) is 2.04. The van der Waals surface area contributed by atoms with Gasteiger partial charge in [-0.15, -0.1) is 0 Å². The highest BCUT2D eigenvalue weighted by Crippen LogP contribution is 2.22. The Kier molecular flexibility index (Phi) is 4.95. The van der Waals surface area contributed by atoms with Gasteiger partial charge in [-0.3, -0.25) is 0 Å². The van der Waals surface area contributed by atoms with Gasteiger partial charge in [0.05, 0.1) is 17.9 Å². The van der Waals surface area contributed by atoms with Crippen LogP contribution < -0.4 is 10.6 Å². The predicted molar refractivity (Wildman–Crippen MR) is 68.8 cm³/mol. The highest BCUT2D eigenvalue weighted by molar-refractivity contribution is 5.60. The molecule has 0 bridgehead atoms. The van der Waals surface area contributed by atoms with Crippen LogP contribution >= 0.6 is 0 Å². The van der Waals surface area contributed by atoms with Crippen molar-refractivity contribution in [3.63, 3.8) is 0 Å². The van der Waals surface area contributed by atoms with Gasteiger partial charge in [0.15, 0.2) is 0 Å². The van der Waals surface area contributed by atoms with Crippen molar-refractivity contribution >= 4 is 5.69 Å². The first kappa shape index (κ1) is 13.5. The number of hydrogen-bond acceptors (Lipinski definition) is 4. The number of likely N-dealkylation sites (N-methyl/N-ethyl adjacent to an activating group) is 1. The summed E-state index contributed by atoms with van der Waals surface area (Å²) in [6, 6.07) is 8.16. The zero-order valence-electron chi connectivity index (χ0n) is 10.6. The van der Waals surface area contributed by atoms with Crippen molar-refractivity contribution in [1.82, 2.24) is 0 Å². The maximum atomic E-state index is 9.15. The highest BCUT2D eigenvalue weighted by atomic mass is 16.5. The van der Waals surface area contributed by atoms with Crippen LogP contribution in [0, 0.1) is 11.3 Å². The molecule has 1 unspecified atom stereocenters. The van der Waals surface area contributed by atoms with Crippen LogP contribution in [-0.2, 0) is 11.3 Å². The molecular formula is C13H19N3O. The fourth-order valence-corrected chi connectivity index (χ4v) is 1.70. The topological polar surface area (TPSA) is 62.3 Å². The van der Waals surface area contributed by atoms with E-state index in [1.807, 2.05) is 30.1 Å². The Balaban J connectivity index is 3.01. The minimum absolute atomic E-state index is 0.218. The molecule has 0 radical (unpaired) electrons. The van der Waals surface area contributed by atoms with E-state index in [1.165, 1.54) is 0 Å². The van der Waals surface area contributed by atoms with Crippen LogP contribution in [0.5, 0.6) is 0 Å². The molecule has 0 aromatic heterocycles. The Morgan fingerprint density at radius 1 is 1.53 bits per heavy atom. The lowest BCUT2D eigenvalue weighted by atomic mass is 10.1. The third kappa shape index (κ3) is 3.19. The summed E-state index contributed by atoms with van der Waals surface area (Å²) in [5.74, 6) is 0. The molecule has 0 aliphatic heterocycles. The Bertz CT molecular complexity index is 412. The van der Waals surface area contributed by atoms with Gasteiger partial charge in [0.1, 0.15) is 6.07 Å². The molecule has 4 nitrogen and oxygen atoms in total. The van der Waals surface area contributed by atoms with Crippen LogP contribution in [0.4, 0.5) is 5.69 Å². The molecule has 0 amide bonds. The van der Waals surface area contributed by atoms with Gasteiger partial charge in [-0.05, 0) is 24.6 Å². The smallest absolute Gasteiger partial charge is 0.101 e.